The standard InChI is InChI=1S/C12H26N2O/c1-11(10-13)14-8-5-9-15-12-6-3-2-4-7-12/h11-12,14H,2-10,13H2,1H3. The Balaban J connectivity index is 1.87. The fourth-order valence-corrected chi connectivity index (χ4v) is 1.99. The summed E-state index contributed by atoms with van der Waals surface area (Å²) < 4.78 is 5.83. The molecule has 0 heterocycles. The lowest BCUT2D eigenvalue weighted by atomic mass is 9.98. The molecule has 90 valence electrons. The van der Waals surface area contributed by atoms with Gasteiger partial charge in [-0.2, -0.15) is 0 Å². The van der Waals surface area contributed by atoms with Gasteiger partial charge in [-0.25, -0.2) is 0 Å². The third-order valence-corrected chi connectivity index (χ3v) is 3.07. The van der Waals surface area contributed by atoms with Crippen LogP contribution in [0.1, 0.15) is 45.4 Å². The van der Waals surface area contributed by atoms with Crippen molar-refractivity contribution in [3.05, 3.63) is 0 Å². The van der Waals surface area contributed by atoms with Gasteiger partial charge in [0.05, 0.1) is 6.10 Å². The van der Waals surface area contributed by atoms with Gasteiger partial charge in [-0.3, -0.25) is 0 Å². The Morgan fingerprint density at radius 1 is 1.33 bits per heavy atom. The van der Waals surface area contributed by atoms with E-state index in [2.05, 4.69) is 12.2 Å². The molecule has 0 radical (unpaired) electrons. The van der Waals surface area contributed by atoms with E-state index in [0.717, 1.165) is 19.6 Å². The molecule has 0 aromatic rings. The highest BCUT2D eigenvalue weighted by molar-refractivity contribution is 4.65. The van der Waals surface area contributed by atoms with Gasteiger partial charge in [-0.1, -0.05) is 19.3 Å². The van der Waals surface area contributed by atoms with Crippen molar-refractivity contribution in [1.82, 2.24) is 5.32 Å². The largest absolute Gasteiger partial charge is 0.378 e. The van der Waals surface area contributed by atoms with E-state index < -0.39 is 0 Å². The molecular weight excluding hydrogens is 188 g/mol. The molecule has 0 aromatic carbocycles. The van der Waals surface area contributed by atoms with Crippen molar-refractivity contribution in [2.75, 3.05) is 19.7 Å². The number of hydrogen-bond acceptors (Lipinski definition) is 3. The molecule has 0 bridgehead atoms. The molecule has 1 fully saturated rings. The molecular formula is C12H26N2O. The van der Waals surface area contributed by atoms with Gasteiger partial charge in [0.2, 0.25) is 0 Å². The molecule has 1 saturated carbocycles. The molecule has 3 N–H and O–H groups in total. The van der Waals surface area contributed by atoms with E-state index in [9.17, 15) is 0 Å². The first-order chi connectivity index (χ1) is 7.33. The molecule has 0 amide bonds. The minimum absolute atomic E-state index is 0.430. The summed E-state index contributed by atoms with van der Waals surface area (Å²) >= 11 is 0. The van der Waals surface area contributed by atoms with Crippen LogP contribution < -0.4 is 11.1 Å². The molecule has 0 aromatic heterocycles. The van der Waals surface area contributed by atoms with Gasteiger partial charge in [-0.05, 0) is 32.7 Å². The van der Waals surface area contributed by atoms with Crippen LogP contribution in [0.15, 0.2) is 0 Å². The lowest BCUT2D eigenvalue weighted by Crippen LogP contribution is -2.34. The zero-order valence-corrected chi connectivity index (χ0v) is 10.0. The Labute approximate surface area is 93.8 Å². The van der Waals surface area contributed by atoms with Crippen LogP contribution in [0.4, 0.5) is 0 Å². The summed E-state index contributed by atoms with van der Waals surface area (Å²) in [6.07, 6.45) is 8.29. The lowest BCUT2D eigenvalue weighted by molar-refractivity contribution is 0.0271. The van der Waals surface area contributed by atoms with Crippen LogP contribution in [0.3, 0.4) is 0 Å². The van der Waals surface area contributed by atoms with Crippen LogP contribution in [0, 0.1) is 0 Å². The maximum atomic E-state index is 5.83. The molecule has 15 heavy (non-hydrogen) atoms. The second-order valence-electron chi connectivity index (χ2n) is 4.58. The molecule has 1 aliphatic rings. The zero-order chi connectivity index (χ0) is 10.9. The summed E-state index contributed by atoms with van der Waals surface area (Å²) in [7, 11) is 0. The molecule has 0 spiro atoms. The van der Waals surface area contributed by atoms with E-state index in [0.29, 0.717) is 18.7 Å². The minimum Gasteiger partial charge on any atom is -0.378 e. The van der Waals surface area contributed by atoms with Crippen LogP contribution in [0.25, 0.3) is 0 Å². The summed E-state index contributed by atoms with van der Waals surface area (Å²) in [6, 6.07) is 0.430. The van der Waals surface area contributed by atoms with Crippen LogP contribution in [-0.4, -0.2) is 31.8 Å². The van der Waals surface area contributed by atoms with Crippen molar-refractivity contribution < 1.29 is 4.74 Å². The number of rotatable bonds is 7. The molecule has 0 aliphatic heterocycles. The van der Waals surface area contributed by atoms with Crippen molar-refractivity contribution in [3.8, 4) is 0 Å². The van der Waals surface area contributed by atoms with Crippen LogP contribution in [0.5, 0.6) is 0 Å². The van der Waals surface area contributed by atoms with Crippen LogP contribution in [-0.2, 0) is 4.74 Å². The topological polar surface area (TPSA) is 47.3 Å². The molecule has 1 unspecified atom stereocenters. The second-order valence-corrected chi connectivity index (χ2v) is 4.58. The Kier molecular flexibility index (Phi) is 6.98. The van der Waals surface area contributed by atoms with Gasteiger partial charge in [-0.15, -0.1) is 0 Å². The van der Waals surface area contributed by atoms with Gasteiger partial charge in [0.15, 0.2) is 0 Å². The predicted octanol–water partition coefficient (Wildman–Crippen LogP) is 1.66. The highest BCUT2D eigenvalue weighted by atomic mass is 16.5. The monoisotopic (exact) mass is 214 g/mol. The third kappa shape index (κ3) is 6.13. The average molecular weight is 214 g/mol. The van der Waals surface area contributed by atoms with Crippen LogP contribution in [0.2, 0.25) is 0 Å². The number of ether oxygens (including phenoxy) is 1. The summed E-state index contributed by atoms with van der Waals surface area (Å²) in [5.41, 5.74) is 5.51. The van der Waals surface area contributed by atoms with Crippen molar-refractivity contribution in [1.29, 1.82) is 0 Å². The molecule has 1 rings (SSSR count). The lowest BCUT2D eigenvalue weighted by Gasteiger charge is -2.22. The fraction of sp³-hybridized carbons (Fsp3) is 1.00. The van der Waals surface area contributed by atoms with E-state index >= 15 is 0 Å². The first-order valence-corrected chi connectivity index (χ1v) is 6.38. The van der Waals surface area contributed by atoms with E-state index in [4.69, 9.17) is 10.5 Å². The highest BCUT2D eigenvalue weighted by Gasteiger charge is 2.12. The van der Waals surface area contributed by atoms with Gasteiger partial charge in [0.25, 0.3) is 0 Å². The average Bonchev–Trinajstić information content (AvgIpc) is 2.29. The highest BCUT2D eigenvalue weighted by Crippen LogP contribution is 2.20. The smallest absolute Gasteiger partial charge is 0.0575 e. The van der Waals surface area contributed by atoms with Crippen molar-refractivity contribution >= 4 is 0 Å². The van der Waals surface area contributed by atoms with E-state index in [-0.39, 0.29) is 0 Å². The minimum atomic E-state index is 0.430. The number of nitrogens with two attached hydrogens (primary N) is 1. The first kappa shape index (κ1) is 12.9. The Bertz CT molecular complexity index is 147. The van der Waals surface area contributed by atoms with Gasteiger partial charge in [0.1, 0.15) is 0 Å². The molecule has 0 saturated heterocycles. The summed E-state index contributed by atoms with van der Waals surface area (Å²) in [5.74, 6) is 0. The Morgan fingerprint density at radius 2 is 2.07 bits per heavy atom. The molecule has 1 atom stereocenters. The third-order valence-electron chi connectivity index (χ3n) is 3.07. The van der Waals surface area contributed by atoms with Crippen LogP contribution >= 0.6 is 0 Å². The zero-order valence-electron chi connectivity index (χ0n) is 10.0. The van der Waals surface area contributed by atoms with Crippen molar-refractivity contribution in [2.45, 2.75) is 57.6 Å². The maximum Gasteiger partial charge on any atom is 0.0575 e. The first-order valence-electron chi connectivity index (χ1n) is 6.38. The predicted molar refractivity (Wildman–Crippen MR) is 64.0 cm³/mol. The van der Waals surface area contributed by atoms with E-state index in [1.54, 1.807) is 0 Å². The van der Waals surface area contributed by atoms with Gasteiger partial charge in [0, 0.05) is 19.2 Å². The van der Waals surface area contributed by atoms with Gasteiger partial charge >= 0.3 is 0 Å². The summed E-state index contributed by atoms with van der Waals surface area (Å²) in [4.78, 5) is 0. The maximum absolute atomic E-state index is 5.83. The molecule has 3 nitrogen and oxygen atoms in total. The summed E-state index contributed by atoms with van der Waals surface area (Å²) in [6.45, 7) is 4.74. The summed E-state index contributed by atoms with van der Waals surface area (Å²) in [5, 5.41) is 3.37. The Morgan fingerprint density at radius 3 is 2.73 bits per heavy atom. The molecule has 3 heteroatoms. The SMILES string of the molecule is CC(CN)NCCCOC1CCCCC1. The molecule has 1 aliphatic carbocycles. The number of nitrogens with one attached hydrogen (secondary N) is 1. The van der Waals surface area contributed by atoms with Crippen molar-refractivity contribution in [3.63, 3.8) is 0 Å². The second kappa shape index (κ2) is 8.08. The van der Waals surface area contributed by atoms with E-state index in [1.165, 1.54) is 32.1 Å². The van der Waals surface area contributed by atoms with E-state index in [1.807, 2.05) is 0 Å². The number of hydrogen-bond donors (Lipinski definition) is 2. The fourth-order valence-electron chi connectivity index (χ4n) is 1.99. The van der Waals surface area contributed by atoms with Gasteiger partial charge < -0.3 is 15.8 Å². The Hall–Kier alpha value is -0.120. The van der Waals surface area contributed by atoms with Crippen molar-refractivity contribution in [2.24, 2.45) is 5.73 Å². The normalized spacial score (nSPS) is 20.4. The quantitative estimate of drug-likeness (QED) is 0.634.